The van der Waals surface area contributed by atoms with E-state index in [-0.39, 0.29) is 10.2 Å². The van der Waals surface area contributed by atoms with Crippen molar-refractivity contribution in [2.24, 2.45) is 11.3 Å². The number of Topliss-reactive ketones (excluding diaryl/α,β-unsaturated/α-hetero) is 1. The fourth-order valence-corrected chi connectivity index (χ4v) is 4.35. The second kappa shape index (κ2) is 2.76. The normalized spacial score (nSPS) is 50.5. The van der Waals surface area contributed by atoms with Gasteiger partial charge in [-0.15, -0.1) is 11.8 Å². The molecular formula is C11H16O2S. The summed E-state index contributed by atoms with van der Waals surface area (Å²) in [5.74, 6) is 2.21. The Morgan fingerprint density at radius 1 is 1.57 bits per heavy atom. The maximum atomic E-state index is 12.4. The zero-order valence-electron chi connectivity index (χ0n) is 8.54. The quantitative estimate of drug-likeness (QED) is 0.699. The van der Waals surface area contributed by atoms with E-state index in [2.05, 4.69) is 6.92 Å². The number of hydrogen-bond acceptors (Lipinski definition) is 3. The van der Waals surface area contributed by atoms with E-state index in [1.807, 2.05) is 11.8 Å². The molecule has 2 aliphatic heterocycles. The van der Waals surface area contributed by atoms with Crippen molar-refractivity contribution < 1.29 is 9.53 Å². The van der Waals surface area contributed by atoms with E-state index < -0.39 is 0 Å². The molecule has 0 aromatic heterocycles. The lowest BCUT2D eigenvalue weighted by Crippen LogP contribution is -2.37. The summed E-state index contributed by atoms with van der Waals surface area (Å²) in [6.07, 6.45) is 3.38. The van der Waals surface area contributed by atoms with Gasteiger partial charge in [-0.3, -0.25) is 4.79 Å². The van der Waals surface area contributed by atoms with Crippen LogP contribution in [0.2, 0.25) is 0 Å². The second-order valence-electron chi connectivity index (χ2n) is 5.08. The molecule has 0 N–H and O–H groups in total. The molecule has 3 heteroatoms. The number of hydrogen-bond donors (Lipinski definition) is 0. The van der Waals surface area contributed by atoms with Crippen LogP contribution in [-0.2, 0) is 9.53 Å². The van der Waals surface area contributed by atoms with Crippen LogP contribution >= 0.6 is 11.8 Å². The number of thioether (sulfide) groups is 1. The summed E-state index contributed by atoms with van der Waals surface area (Å²) < 4.78 is 5.32. The van der Waals surface area contributed by atoms with Crippen molar-refractivity contribution in [2.75, 3.05) is 19.0 Å². The summed E-state index contributed by atoms with van der Waals surface area (Å²) in [6, 6.07) is 0. The predicted octanol–water partition coefficient (Wildman–Crippen LogP) is 1.88. The Hall–Kier alpha value is -0.0200. The van der Waals surface area contributed by atoms with Gasteiger partial charge in [0.15, 0.2) is 5.78 Å². The van der Waals surface area contributed by atoms with Gasteiger partial charge in [0, 0.05) is 0 Å². The molecule has 3 atom stereocenters. The summed E-state index contributed by atoms with van der Waals surface area (Å²) in [5.41, 5.74) is -0.0356. The third-order valence-corrected chi connectivity index (χ3v) is 5.58. The SMILES string of the molecule is CC1(C(=O)C23COCC2C3)CCCS1. The Morgan fingerprint density at radius 2 is 2.43 bits per heavy atom. The van der Waals surface area contributed by atoms with Gasteiger partial charge in [0.1, 0.15) is 0 Å². The lowest BCUT2D eigenvalue weighted by Gasteiger charge is -2.25. The van der Waals surface area contributed by atoms with Gasteiger partial charge >= 0.3 is 0 Å². The zero-order valence-corrected chi connectivity index (χ0v) is 9.36. The zero-order chi connectivity index (χ0) is 9.81. The van der Waals surface area contributed by atoms with Crippen molar-refractivity contribution in [3.8, 4) is 0 Å². The molecule has 0 spiro atoms. The summed E-state index contributed by atoms with van der Waals surface area (Å²) in [4.78, 5) is 12.4. The average Bonchev–Trinajstić information content (AvgIpc) is 2.60. The van der Waals surface area contributed by atoms with Crippen LogP contribution < -0.4 is 0 Å². The van der Waals surface area contributed by atoms with E-state index in [4.69, 9.17) is 4.74 Å². The Kier molecular flexibility index (Phi) is 1.82. The fraction of sp³-hybridized carbons (Fsp3) is 0.909. The summed E-state index contributed by atoms with van der Waals surface area (Å²) in [5, 5.41) is 0. The van der Waals surface area contributed by atoms with Crippen LogP contribution in [0.1, 0.15) is 26.2 Å². The first-order valence-electron chi connectivity index (χ1n) is 5.44. The van der Waals surface area contributed by atoms with Crippen LogP contribution in [0.25, 0.3) is 0 Å². The summed E-state index contributed by atoms with van der Waals surface area (Å²) in [7, 11) is 0. The van der Waals surface area contributed by atoms with Crippen LogP contribution in [0.5, 0.6) is 0 Å². The van der Waals surface area contributed by atoms with Crippen LogP contribution in [0.15, 0.2) is 0 Å². The van der Waals surface area contributed by atoms with Crippen molar-refractivity contribution >= 4 is 17.5 Å². The minimum Gasteiger partial charge on any atom is -0.380 e. The van der Waals surface area contributed by atoms with Gasteiger partial charge in [-0.2, -0.15) is 0 Å². The van der Waals surface area contributed by atoms with E-state index in [1.165, 1.54) is 6.42 Å². The van der Waals surface area contributed by atoms with Gasteiger partial charge in [-0.1, -0.05) is 0 Å². The van der Waals surface area contributed by atoms with E-state index in [0.717, 1.165) is 25.2 Å². The third kappa shape index (κ3) is 1.06. The van der Waals surface area contributed by atoms with Gasteiger partial charge in [0.25, 0.3) is 0 Å². The molecule has 0 amide bonds. The molecule has 2 saturated heterocycles. The van der Waals surface area contributed by atoms with Crippen molar-refractivity contribution in [1.82, 2.24) is 0 Å². The molecule has 0 bridgehead atoms. The Morgan fingerprint density at radius 3 is 2.93 bits per heavy atom. The molecule has 2 nitrogen and oxygen atoms in total. The highest BCUT2D eigenvalue weighted by molar-refractivity contribution is 8.01. The fourth-order valence-electron chi connectivity index (χ4n) is 2.99. The van der Waals surface area contributed by atoms with Crippen molar-refractivity contribution in [2.45, 2.75) is 30.9 Å². The van der Waals surface area contributed by atoms with Gasteiger partial charge in [-0.25, -0.2) is 0 Å². The maximum absolute atomic E-state index is 12.4. The maximum Gasteiger partial charge on any atom is 0.157 e. The minimum absolute atomic E-state index is 0.0356. The van der Waals surface area contributed by atoms with Gasteiger partial charge in [-0.05, 0) is 37.9 Å². The molecule has 3 aliphatic rings. The molecule has 14 heavy (non-hydrogen) atoms. The van der Waals surface area contributed by atoms with Gasteiger partial charge in [0.2, 0.25) is 0 Å². The van der Waals surface area contributed by atoms with Crippen LogP contribution in [0.3, 0.4) is 0 Å². The summed E-state index contributed by atoms with van der Waals surface area (Å²) in [6.45, 7) is 3.66. The first kappa shape index (κ1) is 9.22. The monoisotopic (exact) mass is 212 g/mol. The van der Waals surface area contributed by atoms with Crippen LogP contribution in [0, 0.1) is 11.3 Å². The molecule has 1 saturated carbocycles. The van der Waals surface area contributed by atoms with Crippen molar-refractivity contribution in [3.63, 3.8) is 0 Å². The average molecular weight is 212 g/mol. The molecule has 3 rings (SSSR count). The van der Waals surface area contributed by atoms with E-state index >= 15 is 0 Å². The standard InChI is InChI=1S/C11H16O2S/c1-10(3-2-4-14-10)9(12)11-5-8(11)6-13-7-11/h8H,2-7H2,1H3. The molecule has 3 fully saturated rings. The largest absolute Gasteiger partial charge is 0.380 e. The van der Waals surface area contributed by atoms with Gasteiger partial charge in [0.05, 0.1) is 23.4 Å². The highest BCUT2D eigenvalue weighted by Crippen LogP contribution is 2.61. The first-order valence-corrected chi connectivity index (χ1v) is 6.43. The number of fused-ring (bicyclic) bond motifs is 1. The number of carbonyl (C=O) groups is 1. The molecular weight excluding hydrogens is 196 g/mol. The number of rotatable bonds is 2. The van der Waals surface area contributed by atoms with E-state index in [0.29, 0.717) is 18.3 Å². The minimum atomic E-state index is -0.0809. The Labute approximate surface area is 88.8 Å². The smallest absolute Gasteiger partial charge is 0.157 e. The number of ketones is 1. The molecule has 0 aromatic rings. The highest BCUT2D eigenvalue weighted by atomic mass is 32.2. The summed E-state index contributed by atoms with van der Waals surface area (Å²) >= 11 is 1.86. The van der Waals surface area contributed by atoms with Crippen molar-refractivity contribution in [3.05, 3.63) is 0 Å². The highest BCUT2D eigenvalue weighted by Gasteiger charge is 2.66. The van der Waals surface area contributed by atoms with Crippen LogP contribution in [-0.4, -0.2) is 29.5 Å². The Balaban J connectivity index is 1.82. The Bertz CT molecular complexity index is 274. The molecule has 3 unspecified atom stereocenters. The third-order valence-electron chi connectivity index (χ3n) is 4.06. The van der Waals surface area contributed by atoms with Crippen LogP contribution in [0.4, 0.5) is 0 Å². The second-order valence-corrected chi connectivity index (χ2v) is 6.68. The first-order chi connectivity index (χ1) is 6.67. The molecule has 0 aromatic carbocycles. The predicted molar refractivity (Wildman–Crippen MR) is 56.5 cm³/mol. The number of ether oxygens (including phenoxy) is 1. The molecule has 78 valence electrons. The molecule has 0 radical (unpaired) electrons. The van der Waals surface area contributed by atoms with E-state index in [1.54, 1.807) is 0 Å². The number of carbonyl (C=O) groups excluding carboxylic acids is 1. The molecule has 1 aliphatic carbocycles. The molecule has 2 heterocycles. The lowest BCUT2D eigenvalue weighted by molar-refractivity contribution is -0.127. The van der Waals surface area contributed by atoms with Crippen molar-refractivity contribution in [1.29, 1.82) is 0 Å². The lowest BCUT2D eigenvalue weighted by atomic mass is 9.87. The van der Waals surface area contributed by atoms with Gasteiger partial charge < -0.3 is 4.74 Å². The topological polar surface area (TPSA) is 26.3 Å². The van der Waals surface area contributed by atoms with E-state index in [9.17, 15) is 4.79 Å².